The first-order valence-corrected chi connectivity index (χ1v) is 8.13. The van der Waals surface area contributed by atoms with E-state index in [9.17, 15) is 4.79 Å². The molecule has 0 N–H and O–H groups in total. The number of carbonyl (C=O) groups excluding carboxylic acids is 1. The van der Waals surface area contributed by atoms with Gasteiger partial charge in [0.15, 0.2) is 0 Å². The number of benzene rings is 2. The van der Waals surface area contributed by atoms with E-state index in [0.717, 1.165) is 5.56 Å². The molecule has 2 aromatic carbocycles. The summed E-state index contributed by atoms with van der Waals surface area (Å²) in [6.07, 6.45) is 2.73. The van der Waals surface area contributed by atoms with E-state index in [4.69, 9.17) is 14.2 Å². The van der Waals surface area contributed by atoms with Gasteiger partial charge in [-0.2, -0.15) is 0 Å². The summed E-state index contributed by atoms with van der Waals surface area (Å²) in [5.41, 5.74) is 1.39. The third-order valence-corrected chi connectivity index (χ3v) is 4.24. The minimum absolute atomic E-state index is 0.370. The molecule has 22 heavy (non-hydrogen) atoms. The van der Waals surface area contributed by atoms with Crippen molar-refractivity contribution < 1.29 is 19.0 Å². The number of esters is 1. The number of hydrogen-bond donors (Lipinski definition) is 0. The Bertz CT molecular complexity index is 695. The summed E-state index contributed by atoms with van der Waals surface area (Å²) in [5.74, 6) is 1.60. The van der Waals surface area contributed by atoms with Crippen LogP contribution in [0.2, 0.25) is 0 Å². The number of carbonyl (C=O) groups is 1. The van der Waals surface area contributed by atoms with Crippen molar-refractivity contribution in [3.8, 4) is 17.2 Å². The number of fused-ring (bicyclic) bond motifs is 1. The second-order valence-electron chi connectivity index (χ2n) is 4.82. The second-order valence-corrected chi connectivity index (χ2v) is 5.69. The van der Waals surface area contributed by atoms with Crippen molar-refractivity contribution in [2.45, 2.75) is 11.3 Å². The molecule has 0 amide bonds. The Balaban J connectivity index is 1.91. The number of hydrogen-bond acceptors (Lipinski definition) is 5. The van der Waals surface area contributed by atoms with E-state index in [1.807, 2.05) is 36.6 Å². The molecule has 3 rings (SSSR count). The Morgan fingerprint density at radius 1 is 1.18 bits per heavy atom. The fourth-order valence-electron chi connectivity index (χ4n) is 2.40. The minimum Gasteiger partial charge on any atom is -0.493 e. The van der Waals surface area contributed by atoms with Crippen LogP contribution >= 0.6 is 11.8 Å². The fourth-order valence-corrected chi connectivity index (χ4v) is 2.81. The highest BCUT2D eigenvalue weighted by molar-refractivity contribution is 7.98. The molecule has 4 nitrogen and oxygen atoms in total. The van der Waals surface area contributed by atoms with Gasteiger partial charge in [0.1, 0.15) is 17.2 Å². The summed E-state index contributed by atoms with van der Waals surface area (Å²) in [5, 5.41) is 0. The van der Waals surface area contributed by atoms with Gasteiger partial charge in [-0.25, -0.2) is 4.79 Å². The van der Waals surface area contributed by atoms with Gasteiger partial charge >= 0.3 is 5.97 Å². The van der Waals surface area contributed by atoms with Crippen LogP contribution in [0.15, 0.2) is 41.3 Å². The Labute approximate surface area is 133 Å². The SMILES string of the molecule is COC(=O)c1cc(Oc2ccc(SC)cc2)cc2c1CCO2. The molecule has 114 valence electrons. The third kappa shape index (κ3) is 2.90. The number of thioether (sulfide) groups is 1. The standard InChI is InChI=1S/C17H16O4S/c1-19-17(18)15-9-12(10-16-14(15)7-8-20-16)21-11-3-5-13(22-2)6-4-11/h3-6,9-10H,7-8H2,1-2H3. The van der Waals surface area contributed by atoms with Gasteiger partial charge in [-0.15, -0.1) is 11.8 Å². The number of rotatable bonds is 4. The van der Waals surface area contributed by atoms with Crippen molar-refractivity contribution in [3.63, 3.8) is 0 Å². The summed E-state index contributed by atoms with van der Waals surface area (Å²) in [6, 6.07) is 11.3. The highest BCUT2D eigenvalue weighted by atomic mass is 32.2. The summed E-state index contributed by atoms with van der Waals surface area (Å²) in [6.45, 7) is 0.575. The summed E-state index contributed by atoms with van der Waals surface area (Å²) >= 11 is 1.67. The van der Waals surface area contributed by atoms with Gasteiger partial charge in [-0.1, -0.05) is 0 Å². The van der Waals surface area contributed by atoms with E-state index in [1.165, 1.54) is 12.0 Å². The first-order chi connectivity index (χ1) is 10.7. The molecule has 0 unspecified atom stereocenters. The molecule has 0 spiro atoms. The quantitative estimate of drug-likeness (QED) is 0.632. The van der Waals surface area contributed by atoms with Gasteiger partial charge in [0, 0.05) is 22.9 Å². The van der Waals surface area contributed by atoms with E-state index in [1.54, 1.807) is 17.8 Å². The zero-order chi connectivity index (χ0) is 15.5. The van der Waals surface area contributed by atoms with Gasteiger partial charge < -0.3 is 14.2 Å². The largest absolute Gasteiger partial charge is 0.493 e. The van der Waals surface area contributed by atoms with Crippen LogP contribution in [0, 0.1) is 0 Å². The molecule has 1 heterocycles. The van der Waals surface area contributed by atoms with Crippen molar-refractivity contribution in [1.29, 1.82) is 0 Å². The first kappa shape index (κ1) is 14.8. The lowest BCUT2D eigenvalue weighted by atomic mass is 10.0. The van der Waals surface area contributed by atoms with E-state index >= 15 is 0 Å². The highest BCUT2D eigenvalue weighted by Crippen LogP contribution is 2.35. The smallest absolute Gasteiger partial charge is 0.338 e. The van der Waals surface area contributed by atoms with E-state index in [-0.39, 0.29) is 5.97 Å². The predicted molar refractivity (Wildman–Crippen MR) is 85.3 cm³/mol. The molecule has 0 saturated carbocycles. The topological polar surface area (TPSA) is 44.8 Å². The molecule has 1 aliphatic rings. The van der Waals surface area contributed by atoms with E-state index < -0.39 is 0 Å². The van der Waals surface area contributed by atoms with Gasteiger partial charge in [-0.3, -0.25) is 0 Å². The number of ether oxygens (including phenoxy) is 3. The molecule has 2 aromatic rings. The van der Waals surface area contributed by atoms with Gasteiger partial charge in [-0.05, 0) is 36.6 Å². The summed E-state index contributed by atoms with van der Waals surface area (Å²) < 4.78 is 16.2. The van der Waals surface area contributed by atoms with Crippen LogP contribution in [0.4, 0.5) is 0 Å². The molecule has 0 saturated heterocycles. The lowest BCUT2D eigenvalue weighted by molar-refractivity contribution is 0.0599. The van der Waals surface area contributed by atoms with Crippen molar-refractivity contribution in [1.82, 2.24) is 0 Å². The van der Waals surface area contributed by atoms with Crippen LogP contribution < -0.4 is 9.47 Å². The van der Waals surface area contributed by atoms with Gasteiger partial charge in [0.2, 0.25) is 0 Å². The lowest BCUT2D eigenvalue weighted by Crippen LogP contribution is -2.05. The van der Waals surface area contributed by atoms with Gasteiger partial charge in [0.05, 0.1) is 19.3 Å². The lowest BCUT2D eigenvalue weighted by Gasteiger charge is -2.11. The predicted octanol–water partition coefficient (Wildman–Crippen LogP) is 3.92. The molecule has 0 fully saturated rings. The fraction of sp³-hybridized carbons (Fsp3) is 0.235. The van der Waals surface area contributed by atoms with E-state index in [2.05, 4.69) is 0 Å². The van der Waals surface area contributed by atoms with Crippen molar-refractivity contribution in [2.24, 2.45) is 0 Å². The molecular formula is C17H16O4S. The third-order valence-electron chi connectivity index (χ3n) is 3.49. The minimum atomic E-state index is -0.370. The van der Waals surface area contributed by atoms with Crippen molar-refractivity contribution >= 4 is 17.7 Å². The Morgan fingerprint density at radius 2 is 1.95 bits per heavy atom. The molecule has 0 aliphatic carbocycles. The van der Waals surface area contributed by atoms with Crippen LogP contribution in [0.5, 0.6) is 17.2 Å². The second kappa shape index (κ2) is 6.32. The van der Waals surface area contributed by atoms with Gasteiger partial charge in [0.25, 0.3) is 0 Å². The maximum absolute atomic E-state index is 11.9. The summed E-state index contributed by atoms with van der Waals surface area (Å²) in [4.78, 5) is 13.1. The van der Waals surface area contributed by atoms with Crippen LogP contribution in [0.25, 0.3) is 0 Å². The summed E-state index contributed by atoms with van der Waals surface area (Å²) in [7, 11) is 1.37. The molecule has 0 radical (unpaired) electrons. The molecule has 1 aliphatic heterocycles. The Kier molecular flexibility index (Phi) is 4.24. The molecule has 5 heteroatoms. The van der Waals surface area contributed by atoms with Crippen LogP contribution in [0.1, 0.15) is 15.9 Å². The zero-order valence-corrected chi connectivity index (χ0v) is 13.2. The van der Waals surface area contributed by atoms with Crippen molar-refractivity contribution in [3.05, 3.63) is 47.5 Å². The van der Waals surface area contributed by atoms with Crippen LogP contribution in [-0.4, -0.2) is 25.9 Å². The average molecular weight is 316 g/mol. The first-order valence-electron chi connectivity index (χ1n) is 6.91. The Morgan fingerprint density at radius 3 is 2.64 bits per heavy atom. The van der Waals surface area contributed by atoms with Crippen molar-refractivity contribution in [2.75, 3.05) is 20.0 Å². The normalized spacial score (nSPS) is 12.5. The number of methoxy groups -OCH3 is 1. The average Bonchev–Trinajstić information content (AvgIpc) is 3.02. The monoisotopic (exact) mass is 316 g/mol. The highest BCUT2D eigenvalue weighted by Gasteiger charge is 2.23. The van der Waals surface area contributed by atoms with Crippen LogP contribution in [0.3, 0.4) is 0 Å². The molecule has 0 bridgehead atoms. The van der Waals surface area contributed by atoms with Crippen LogP contribution in [-0.2, 0) is 11.2 Å². The zero-order valence-electron chi connectivity index (χ0n) is 12.4. The molecular weight excluding hydrogens is 300 g/mol. The molecule has 0 aromatic heterocycles. The molecule has 0 atom stereocenters. The Hall–Kier alpha value is -2.14. The maximum Gasteiger partial charge on any atom is 0.338 e. The maximum atomic E-state index is 11.9. The van der Waals surface area contributed by atoms with E-state index in [0.29, 0.717) is 35.8 Å².